The van der Waals surface area contributed by atoms with Gasteiger partial charge in [0.05, 0.1) is 18.8 Å². The van der Waals surface area contributed by atoms with E-state index in [4.69, 9.17) is 0 Å². The highest BCUT2D eigenvalue weighted by Crippen LogP contribution is 2.19. The number of rotatable bonds is 55. The lowest BCUT2D eigenvalue weighted by atomic mass is 9.99. The van der Waals surface area contributed by atoms with E-state index in [1.807, 2.05) is 0 Å². The van der Waals surface area contributed by atoms with Crippen molar-refractivity contribution in [2.75, 3.05) is 6.61 Å². The van der Waals surface area contributed by atoms with Crippen molar-refractivity contribution in [1.82, 2.24) is 5.32 Å². The van der Waals surface area contributed by atoms with Crippen LogP contribution < -0.4 is 5.32 Å². The highest BCUT2D eigenvalue weighted by Gasteiger charge is 2.28. The summed E-state index contributed by atoms with van der Waals surface area (Å²) in [7, 11) is 0. The van der Waals surface area contributed by atoms with Crippen molar-refractivity contribution in [3.05, 3.63) is 0 Å². The van der Waals surface area contributed by atoms with Crippen molar-refractivity contribution in [2.45, 2.75) is 359 Å². The summed E-state index contributed by atoms with van der Waals surface area (Å²) in [5.74, 6) is -0.575. The van der Waals surface area contributed by atoms with E-state index >= 15 is 0 Å². The van der Waals surface area contributed by atoms with Gasteiger partial charge < -0.3 is 25.7 Å². The predicted octanol–water partition coefficient (Wildman–Crippen LogP) is 17.1. The number of nitrogens with one attached hydrogen (secondary N) is 1. The lowest BCUT2D eigenvalue weighted by Crippen LogP contribution is -2.53. The third kappa shape index (κ3) is 46.4. The van der Waals surface area contributed by atoms with Crippen LogP contribution in [0.2, 0.25) is 0 Å². The zero-order valence-corrected chi connectivity index (χ0v) is 43.6. The van der Waals surface area contributed by atoms with Crippen LogP contribution in [0.3, 0.4) is 0 Å². The molecule has 6 heteroatoms. The molecule has 0 saturated heterocycles. The Labute approximate surface area is 400 Å². The van der Waals surface area contributed by atoms with Crippen LogP contribution in [-0.4, -0.2) is 57.3 Å². The van der Waals surface area contributed by atoms with Gasteiger partial charge in [0.1, 0.15) is 12.2 Å². The van der Waals surface area contributed by atoms with Gasteiger partial charge in [-0.3, -0.25) is 4.79 Å². The lowest BCUT2D eigenvalue weighted by Gasteiger charge is -2.27. The highest BCUT2D eigenvalue weighted by molar-refractivity contribution is 5.80. The van der Waals surface area contributed by atoms with Gasteiger partial charge in [0, 0.05) is 0 Å². The van der Waals surface area contributed by atoms with E-state index < -0.39 is 36.9 Å². The zero-order valence-electron chi connectivity index (χ0n) is 43.6. The second-order valence-corrected chi connectivity index (χ2v) is 20.7. The molecule has 0 aliphatic carbocycles. The van der Waals surface area contributed by atoms with Crippen LogP contribution in [0.5, 0.6) is 0 Å². The molecule has 1 amide bonds. The molecule has 0 radical (unpaired) electrons. The van der Waals surface area contributed by atoms with Crippen LogP contribution in [0.1, 0.15) is 335 Å². The molecule has 0 rings (SSSR count). The number of aliphatic hydroxyl groups excluding tert-OH is 4. The monoisotopic (exact) mass is 908 g/mol. The quantitative estimate of drug-likeness (QED) is 0.0391. The summed E-state index contributed by atoms with van der Waals surface area (Å²) in [5, 5.41) is 44.1. The molecule has 4 atom stereocenters. The average molecular weight is 909 g/mol. The molecule has 4 unspecified atom stereocenters. The Morgan fingerprint density at radius 2 is 0.531 bits per heavy atom. The number of carbonyl (C=O) groups is 1. The van der Waals surface area contributed by atoms with Gasteiger partial charge in [-0.2, -0.15) is 0 Å². The van der Waals surface area contributed by atoms with Crippen molar-refractivity contribution in [2.24, 2.45) is 0 Å². The lowest BCUT2D eigenvalue weighted by molar-refractivity contribution is -0.132. The summed E-state index contributed by atoms with van der Waals surface area (Å²) in [5.41, 5.74) is 0. The minimum absolute atomic E-state index is 0.376. The maximum Gasteiger partial charge on any atom is 0.249 e. The van der Waals surface area contributed by atoms with Gasteiger partial charge >= 0.3 is 0 Å². The molecule has 0 bridgehead atoms. The fourth-order valence-electron chi connectivity index (χ4n) is 9.70. The fraction of sp³-hybridized carbons (Fsp3) is 0.983. The molecule has 5 N–H and O–H groups in total. The second kappa shape index (κ2) is 53.3. The molecule has 6 nitrogen and oxygen atoms in total. The molecule has 64 heavy (non-hydrogen) atoms. The van der Waals surface area contributed by atoms with Crippen LogP contribution in [0.4, 0.5) is 0 Å². The molecule has 0 aliphatic heterocycles. The van der Waals surface area contributed by atoms with Gasteiger partial charge in [0.25, 0.3) is 0 Å². The number of aliphatic hydroxyl groups is 4. The smallest absolute Gasteiger partial charge is 0.249 e. The minimum atomic E-state index is -1.25. The van der Waals surface area contributed by atoms with Crippen LogP contribution in [0.25, 0.3) is 0 Å². The van der Waals surface area contributed by atoms with Crippen LogP contribution in [-0.2, 0) is 4.79 Å². The molecule has 0 heterocycles. The van der Waals surface area contributed by atoms with Crippen molar-refractivity contribution < 1.29 is 25.2 Å². The number of hydrogen-bond acceptors (Lipinski definition) is 5. The summed E-state index contributed by atoms with van der Waals surface area (Å²) in [6, 6.07) is -0.981. The van der Waals surface area contributed by atoms with E-state index in [0.29, 0.717) is 12.8 Å². The maximum atomic E-state index is 12.6. The molecule has 0 fully saturated rings. The number of hydrogen-bond donors (Lipinski definition) is 5. The summed E-state index contributed by atoms with van der Waals surface area (Å²) >= 11 is 0. The molecular formula is C58H117NO5. The van der Waals surface area contributed by atoms with Crippen LogP contribution in [0.15, 0.2) is 0 Å². The summed E-state index contributed by atoms with van der Waals surface area (Å²) in [6.07, 6.45) is 61.8. The molecule has 0 aromatic rings. The first-order chi connectivity index (χ1) is 31.5. The van der Waals surface area contributed by atoms with Gasteiger partial charge in [-0.05, 0) is 12.8 Å². The molecular weight excluding hydrogens is 791 g/mol. The molecule has 384 valence electrons. The summed E-state index contributed by atoms with van der Waals surface area (Å²) in [6.45, 7) is 4.10. The van der Waals surface area contributed by atoms with Crippen LogP contribution >= 0.6 is 0 Å². The largest absolute Gasteiger partial charge is 0.394 e. The van der Waals surface area contributed by atoms with Crippen molar-refractivity contribution in [3.63, 3.8) is 0 Å². The third-order valence-electron chi connectivity index (χ3n) is 14.3. The van der Waals surface area contributed by atoms with Crippen molar-refractivity contribution in [3.8, 4) is 0 Å². The van der Waals surface area contributed by atoms with Gasteiger partial charge in [-0.15, -0.1) is 0 Å². The van der Waals surface area contributed by atoms with Crippen molar-refractivity contribution >= 4 is 5.91 Å². The minimum Gasteiger partial charge on any atom is -0.394 e. The van der Waals surface area contributed by atoms with E-state index in [1.165, 1.54) is 270 Å². The van der Waals surface area contributed by atoms with E-state index in [9.17, 15) is 25.2 Å². The topological polar surface area (TPSA) is 110 Å². The van der Waals surface area contributed by atoms with E-state index in [0.717, 1.165) is 38.5 Å². The summed E-state index contributed by atoms with van der Waals surface area (Å²) < 4.78 is 0. The van der Waals surface area contributed by atoms with Gasteiger partial charge in [0.2, 0.25) is 5.91 Å². The summed E-state index contributed by atoms with van der Waals surface area (Å²) in [4.78, 5) is 12.6. The standard InChI is InChI=1S/C58H117NO5/c1-3-5-7-9-11-13-15-17-19-21-23-25-26-27-28-29-30-31-32-34-35-37-39-41-43-45-47-49-51-55(61)57(63)54(53-60)59-58(64)56(62)52-50-48-46-44-42-40-38-36-33-24-22-20-18-16-14-12-10-8-6-4-2/h54-57,60-63H,3-53H2,1-2H3,(H,59,64). The van der Waals surface area contributed by atoms with Gasteiger partial charge in [-0.25, -0.2) is 0 Å². The molecule has 0 aromatic carbocycles. The molecule has 0 saturated carbocycles. The molecule has 0 spiro atoms. The van der Waals surface area contributed by atoms with E-state index in [1.54, 1.807) is 0 Å². The Morgan fingerprint density at radius 3 is 0.750 bits per heavy atom. The Kier molecular flexibility index (Phi) is 52.7. The Bertz CT molecular complexity index is 887. The fourth-order valence-corrected chi connectivity index (χ4v) is 9.70. The number of unbranched alkanes of at least 4 members (excludes halogenated alkanes) is 46. The van der Waals surface area contributed by atoms with Gasteiger partial charge in [-0.1, -0.05) is 322 Å². The SMILES string of the molecule is CCCCCCCCCCCCCCCCCCCCCCCCCCCCCCC(O)C(O)C(CO)NC(=O)C(O)CCCCCCCCCCCCCCCCCCCCCC. The van der Waals surface area contributed by atoms with E-state index in [-0.39, 0.29) is 0 Å². The predicted molar refractivity (Wildman–Crippen MR) is 279 cm³/mol. The highest BCUT2D eigenvalue weighted by atomic mass is 16.3. The average Bonchev–Trinajstić information content (AvgIpc) is 3.30. The third-order valence-corrected chi connectivity index (χ3v) is 14.3. The second-order valence-electron chi connectivity index (χ2n) is 20.7. The normalized spacial score (nSPS) is 13.7. The van der Waals surface area contributed by atoms with Crippen LogP contribution in [0, 0.1) is 0 Å². The number of amides is 1. The first kappa shape index (κ1) is 63.3. The molecule has 0 aromatic heterocycles. The van der Waals surface area contributed by atoms with E-state index in [2.05, 4.69) is 19.2 Å². The van der Waals surface area contributed by atoms with Crippen molar-refractivity contribution in [1.29, 1.82) is 0 Å². The number of carbonyl (C=O) groups excluding carboxylic acids is 1. The Balaban J connectivity index is 3.56. The maximum absolute atomic E-state index is 12.6. The Morgan fingerprint density at radius 1 is 0.328 bits per heavy atom. The first-order valence-electron chi connectivity index (χ1n) is 29.4. The first-order valence-corrected chi connectivity index (χ1v) is 29.4. The zero-order chi connectivity index (χ0) is 46.7. The van der Waals surface area contributed by atoms with Gasteiger partial charge in [0.15, 0.2) is 0 Å². The molecule has 0 aliphatic rings. The Hall–Kier alpha value is -0.690.